The molecule has 1 N–H and O–H groups in total. The van der Waals surface area contributed by atoms with Crippen LogP contribution in [0, 0.1) is 0 Å². The van der Waals surface area contributed by atoms with Gasteiger partial charge in [-0.15, -0.1) is 10.2 Å². The number of furan rings is 1. The van der Waals surface area contributed by atoms with Crippen molar-refractivity contribution < 1.29 is 9.21 Å². The molecule has 5 rings (SSSR count). The highest BCUT2D eigenvalue weighted by atomic mass is 32.2. The van der Waals surface area contributed by atoms with Crippen LogP contribution in [0.4, 0.5) is 0 Å². The van der Waals surface area contributed by atoms with Crippen LogP contribution in [0.5, 0.6) is 0 Å². The van der Waals surface area contributed by atoms with Crippen molar-refractivity contribution in [2.45, 2.75) is 44.1 Å². The lowest BCUT2D eigenvalue weighted by Crippen LogP contribution is -2.25. The normalized spacial score (nSPS) is 13.1. The summed E-state index contributed by atoms with van der Waals surface area (Å²) >= 11 is 1.37. The molecule has 0 unspecified atom stereocenters. The quantitative estimate of drug-likeness (QED) is 0.415. The summed E-state index contributed by atoms with van der Waals surface area (Å²) in [5.41, 5.74) is 2.03. The molecule has 0 saturated carbocycles. The number of thioether (sulfide) groups is 1. The molecule has 32 heavy (non-hydrogen) atoms. The first kappa shape index (κ1) is 20.6. The van der Waals surface area contributed by atoms with Gasteiger partial charge in [0.15, 0.2) is 10.9 Å². The maximum absolute atomic E-state index is 12.5. The molecular weight excluding hydrogens is 424 g/mol. The fraction of sp³-hybridized carbons (Fsp3) is 0.304. The minimum absolute atomic E-state index is 0.0604. The highest BCUT2D eigenvalue weighted by molar-refractivity contribution is 7.99. The molecule has 0 fully saturated rings. The summed E-state index contributed by atoms with van der Waals surface area (Å²) in [7, 11) is 0. The molecule has 4 aromatic rings. The van der Waals surface area contributed by atoms with E-state index in [9.17, 15) is 4.79 Å². The van der Waals surface area contributed by atoms with Crippen molar-refractivity contribution in [1.29, 1.82) is 0 Å². The SMILES string of the molecule is O=C(CSc1nnc(-c2ccco2)n1Cc1ccccc1)NCc1cn2c(n1)CCCC2. The molecule has 0 saturated heterocycles. The van der Waals surface area contributed by atoms with Crippen molar-refractivity contribution >= 4 is 17.7 Å². The van der Waals surface area contributed by atoms with E-state index in [2.05, 4.69) is 37.2 Å². The Balaban J connectivity index is 1.24. The first-order chi connectivity index (χ1) is 15.8. The topological polar surface area (TPSA) is 90.8 Å². The third kappa shape index (κ3) is 4.62. The number of aromatic nitrogens is 5. The fourth-order valence-electron chi connectivity index (χ4n) is 3.82. The Bertz CT molecular complexity index is 1160. The Hall–Kier alpha value is -3.33. The first-order valence-electron chi connectivity index (χ1n) is 10.7. The van der Waals surface area contributed by atoms with Crippen LogP contribution in [-0.2, 0) is 30.8 Å². The smallest absolute Gasteiger partial charge is 0.230 e. The van der Waals surface area contributed by atoms with Crippen LogP contribution < -0.4 is 5.32 Å². The number of aryl methyl sites for hydroxylation is 2. The molecular formula is C23H24N6O2S. The van der Waals surface area contributed by atoms with Gasteiger partial charge in [0, 0.05) is 19.2 Å². The molecule has 1 amide bonds. The lowest BCUT2D eigenvalue weighted by atomic mass is 10.2. The number of nitrogens with one attached hydrogen (secondary N) is 1. The number of nitrogens with zero attached hydrogens (tertiary/aromatic N) is 5. The molecule has 0 spiro atoms. The maximum atomic E-state index is 12.5. The van der Waals surface area contributed by atoms with Crippen molar-refractivity contribution in [3.63, 3.8) is 0 Å². The van der Waals surface area contributed by atoms with Crippen molar-refractivity contribution in [1.82, 2.24) is 29.6 Å². The van der Waals surface area contributed by atoms with E-state index in [0.717, 1.165) is 30.0 Å². The highest BCUT2D eigenvalue weighted by Crippen LogP contribution is 2.25. The highest BCUT2D eigenvalue weighted by Gasteiger charge is 2.18. The van der Waals surface area contributed by atoms with Gasteiger partial charge in [0.1, 0.15) is 5.82 Å². The minimum Gasteiger partial charge on any atom is -0.461 e. The van der Waals surface area contributed by atoms with E-state index in [1.165, 1.54) is 24.6 Å². The molecule has 1 aromatic carbocycles. The number of imidazole rings is 1. The monoisotopic (exact) mass is 448 g/mol. The van der Waals surface area contributed by atoms with Crippen LogP contribution in [-0.4, -0.2) is 36.0 Å². The number of amides is 1. The molecule has 0 radical (unpaired) electrons. The predicted octanol–water partition coefficient (Wildman–Crippen LogP) is 3.53. The summed E-state index contributed by atoms with van der Waals surface area (Å²) in [6.07, 6.45) is 7.05. The number of fused-ring (bicyclic) bond motifs is 1. The molecule has 9 heteroatoms. The summed E-state index contributed by atoms with van der Waals surface area (Å²) in [4.78, 5) is 17.1. The number of benzene rings is 1. The molecule has 1 aliphatic rings. The van der Waals surface area contributed by atoms with Crippen LogP contribution in [0.1, 0.15) is 29.9 Å². The molecule has 8 nitrogen and oxygen atoms in total. The summed E-state index contributed by atoms with van der Waals surface area (Å²) in [5, 5.41) is 12.3. The van der Waals surface area contributed by atoms with E-state index in [1.54, 1.807) is 6.26 Å². The molecule has 164 valence electrons. The van der Waals surface area contributed by atoms with E-state index in [4.69, 9.17) is 4.42 Å². The van der Waals surface area contributed by atoms with E-state index in [-0.39, 0.29) is 11.7 Å². The minimum atomic E-state index is -0.0604. The van der Waals surface area contributed by atoms with Gasteiger partial charge < -0.3 is 14.3 Å². The zero-order valence-electron chi connectivity index (χ0n) is 17.6. The third-order valence-corrected chi connectivity index (χ3v) is 6.37. The van der Waals surface area contributed by atoms with Gasteiger partial charge in [0.25, 0.3) is 0 Å². The molecule has 0 bridgehead atoms. The Morgan fingerprint density at radius 3 is 2.84 bits per heavy atom. The van der Waals surface area contributed by atoms with Gasteiger partial charge in [-0.05, 0) is 30.5 Å². The average molecular weight is 449 g/mol. The number of carbonyl (C=O) groups is 1. The number of carbonyl (C=O) groups excluding carboxylic acids is 1. The summed E-state index contributed by atoms with van der Waals surface area (Å²) in [5.74, 6) is 2.60. The van der Waals surface area contributed by atoms with Crippen LogP contribution in [0.3, 0.4) is 0 Å². The summed E-state index contributed by atoms with van der Waals surface area (Å²) in [6.45, 7) is 2.04. The standard InChI is InChI=1S/C23H24N6O2S/c30-21(24-13-18-15-28-11-5-4-10-20(28)25-18)16-32-23-27-26-22(19-9-6-12-31-19)29(23)14-17-7-2-1-3-8-17/h1-3,6-9,12,15H,4-5,10-11,13-14,16H2,(H,24,30). The van der Waals surface area contributed by atoms with Gasteiger partial charge in [-0.2, -0.15) is 0 Å². The maximum Gasteiger partial charge on any atom is 0.230 e. The summed E-state index contributed by atoms with van der Waals surface area (Å²) < 4.78 is 9.72. The molecule has 3 aromatic heterocycles. The lowest BCUT2D eigenvalue weighted by Gasteiger charge is -2.11. The fourth-order valence-corrected chi connectivity index (χ4v) is 4.59. The van der Waals surface area contributed by atoms with E-state index in [1.807, 2.05) is 41.1 Å². The molecule has 0 atom stereocenters. The van der Waals surface area contributed by atoms with E-state index >= 15 is 0 Å². The van der Waals surface area contributed by atoms with Gasteiger partial charge in [-0.1, -0.05) is 42.1 Å². The zero-order valence-corrected chi connectivity index (χ0v) is 18.4. The third-order valence-electron chi connectivity index (χ3n) is 5.40. The van der Waals surface area contributed by atoms with Crippen LogP contribution in [0.15, 0.2) is 64.5 Å². The lowest BCUT2D eigenvalue weighted by molar-refractivity contribution is -0.118. The first-order valence-corrected chi connectivity index (χ1v) is 11.7. The second kappa shape index (κ2) is 9.44. The van der Waals surface area contributed by atoms with Crippen LogP contribution in [0.25, 0.3) is 11.6 Å². The van der Waals surface area contributed by atoms with E-state index in [0.29, 0.717) is 29.8 Å². The number of rotatable bonds is 8. The van der Waals surface area contributed by atoms with Gasteiger partial charge >= 0.3 is 0 Å². The molecule has 0 aliphatic carbocycles. The van der Waals surface area contributed by atoms with Gasteiger partial charge in [0.05, 0.1) is 30.8 Å². The summed E-state index contributed by atoms with van der Waals surface area (Å²) in [6, 6.07) is 13.8. The second-order valence-corrected chi connectivity index (χ2v) is 8.66. The Labute approximate surface area is 190 Å². The van der Waals surface area contributed by atoms with Crippen LogP contribution >= 0.6 is 11.8 Å². The Morgan fingerprint density at radius 2 is 2.03 bits per heavy atom. The average Bonchev–Trinajstić information content (AvgIpc) is 3.56. The largest absolute Gasteiger partial charge is 0.461 e. The van der Waals surface area contributed by atoms with E-state index < -0.39 is 0 Å². The van der Waals surface area contributed by atoms with Crippen molar-refractivity contribution in [3.8, 4) is 11.6 Å². The Kier molecular flexibility index (Phi) is 6.06. The van der Waals surface area contributed by atoms with Gasteiger partial charge in [-0.3, -0.25) is 9.36 Å². The Morgan fingerprint density at radius 1 is 1.12 bits per heavy atom. The van der Waals surface area contributed by atoms with Gasteiger partial charge in [0.2, 0.25) is 11.7 Å². The van der Waals surface area contributed by atoms with Gasteiger partial charge in [-0.25, -0.2) is 4.98 Å². The van der Waals surface area contributed by atoms with Crippen molar-refractivity contribution in [2.75, 3.05) is 5.75 Å². The number of hydrogen-bond acceptors (Lipinski definition) is 6. The van der Waals surface area contributed by atoms with Crippen molar-refractivity contribution in [2.24, 2.45) is 0 Å². The van der Waals surface area contributed by atoms with Crippen LogP contribution in [0.2, 0.25) is 0 Å². The zero-order chi connectivity index (χ0) is 21.8. The molecule has 4 heterocycles. The molecule has 1 aliphatic heterocycles. The second-order valence-electron chi connectivity index (χ2n) is 7.72. The number of hydrogen-bond donors (Lipinski definition) is 1. The predicted molar refractivity (Wildman–Crippen MR) is 121 cm³/mol. The van der Waals surface area contributed by atoms with Crippen molar-refractivity contribution in [3.05, 3.63) is 72.0 Å².